The molecular weight excluding hydrogens is 386 g/mol. The number of fused-ring (bicyclic) bond motifs is 1. The Kier molecular flexibility index (Phi) is 6.82. The van der Waals surface area contributed by atoms with Crippen LogP contribution in [0.1, 0.15) is 63.9 Å². The number of carbonyl (C=O) groups excluding carboxylic acids is 2. The third kappa shape index (κ3) is 4.51. The van der Waals surface area contributed by atoms with Gasteiger partial charge in [-0.2, -0.15) is 0 Å². The fraction of sp³-hybridized carbons (Fsp3) is 0.478. The molecule has 0 saturated heterocycles. The summed E-state index contributed by atoms with van der Waals surface area (Å²) in [6.07, 6.45) is 1.01. The molecule has 2 aromatic rings. The Bertz CT molecular complexity index is 930. The first-order chi connectivity index (χ1) is 14.3. The number of carbonyl (C=O) groups is 2. The average Bonchev–Trinajstić information content (AvgIpc) is 3.07. The highest BCUT2D eigenvalue weighted by atomic mass is 16.6. The fourth-order valence-electron chi connectivity index (χ4n) is 3.91. The summed E-state index contributed by atoms with van der Waals surface area (Å²) in [5, 5.41) is 0. The maximum absolute atomic E-state index is 13.0. The largest absolute Gasteiger partial charge is 0.497 e. The molecule has 0 bridgehead atoms. The number of ketones is 1. The molecule has 1 atom stereocenters. The highest BCUT2D eigenvalue weighted by molar-refractivity contribution is 6.03. The van der Waals surface area contributed by atoms with Gasteiger partial charge in [0.05, 0.1) is 26.9 Å². The van der Waals surface area contributed by atoms with E-state index in [2.05, 4.69) is 4.98 Å². The molecular formula is C23H29NO6. The first-order valence-corrected chi connectivity index (χ1v) is 10.1. The van der Waals surface area contributed by atoms with Gasteiger partial charge in [0, 0.05) is 29.2 Å². The van der Waals surface area contributed by atoms with Crippen LogP contribution in [0.2, 0.25) is 0 Å². The minimum absolute atomic E-state index is 0.00191. The molecule has 162 valence electrons. The standard InChI is InChI=1S/C23H29NO6/c1-13(2)29-8-9-30-23(26)22-14(3)21-18(24-22)10-15(11-19(21)25)17-12-16(27-4)6-7-20(17)28-5/h6-7,12-13,15,24H,8-11H2,1-5H3/t15-/m0/s1. The minimum atomic E-state index is -0.474. The van der Waals surface area contributed by atoms with Gasteiger partial charge in [-0.25, -0.2) is 4.79 Å². The second kappa shape index (κ2) is 9.34. The van der Waals surface area contributed by atoms with E-state index in [4.69, 9.17) is 18.9 Å². The first kappa shape index (κ1) is 21.9. The van der Waals surface area contributed by atoms with Crippen LogP contribution in [0.25, 0.3) is 0 Å². The number of benzene rings is 1. The van der Waals surface area contributed by atoms with E-state index in [9.17, 15) is 9.59 Å². The van der Waals surface area contributed by atoms with E-state index in [1.165, 1.54) is 0 Å². The van der Waals surface area contributed by atoms with E-state index in [0.29, 0.717) is 47.8 Å². The number of rotatable bonds is 8. The molecule has 1 aromatic carbocycles. The molecule has 0 fully saturated rings. The van der Waals surface area contributed by atoms with Crippen LogP contribution in [0, 0.1) is 6.92 Å². The zero-order valence-electron chi connectivity index (χ0n) is 18.2. The summed E-state index contributed by atoms with van der Waals surface area (Å²) < 4.78 is 21.5. The van der Waals surface area contributed by atoms with Crippen molar-refractivity contribution in [2.75, 3.05) is 27.4 Å². The van der Waals surface area contributed by atoms with Crippen molar-refractivity contribution in [2.24, 2.45) is 0 Å². The Balaban J connectivity index is 1.82. The number of nitrogens with one attached hydrogen (secondary N) is 1. The topological polar surface area (TPSA) is 86.9 Å². The zero-order chi connectivity index (χ0) is 21.8. The lowest BCUT2D eigenvalue weighted by atomic mass is 9.81. The zero-order valence-corrected chi connectivity index (χ0v) is 18.2. The van der Waals surface area contributed by atoms with Gasteiger partial charge in [-0.15, -0.1) is 0 Å². The van der Waals surface area contributed by atoms with Crippen LogP contribution >= 0.6 is 0 Å². The molecule has 7 heteroatoms. The molecule has 0 spiro atoms. The summed E-state index contributed by atoms with van der Waals surface area (Å²) in [6.45, 7) is 6.12. The number of hydrogen-bond acceptors (Lipinski definition) is 6. The lowest BCUT2D eigenvalue weighted by Crippen LogP contribution is -2.19. The molecule has 7 nitrogen and oxygen atoms in total. The maximum atomic E-state index is 13.0. The van der Waals surface area contributed by atoms with Gasteiger partial charge in [0.2, 0.25) is 0 Å². The van der Waals surface area contributed by atoms with Gasteiger partial charge in [0.1, 0.15) is 23.8 Å². The lowest BCUT2D eigenvalue weighted by molar-refractivity contribution is 0.0172. The monoisotopic (exact) mass is 415 g/mol. The Hall–Kier alpha value is -2.80. The van der Waals surface area contributed by atoms with Gasteiger partial charge in [0.25, 0.3) is 0 Å². The Labute approximate surface area is 176 Å². The first-order valence-electron chi connectivity index (χ1n) is 10.1. The summed E-state index contributed by atoms with van der Waals surface area (Å²) in [7, 11) is 3.21. The number of esters is 1. The number of methoxy groups -OCH3 is 2. The average molecular weight is 415 g/mol. The maximum Gasteiger partial charge on any atom is 0.355 e. The Morgan fingerprint density at radius 3 is 2.60 bits per heavy atom. The number of H-pyrrole nitrogens is 1. The van der Waals surface area contributed by atoms with Crippen LogP contribution < -0.4 is 9.47 Å². The molecule has 0 aliphatic heterocycles. The molecule has 1 aromatic heterocycles. The fourth-order valence-corrected chi connectivity index (χ4v) is 3.91. The van der Waals surface area contributed by atoms with Gasteiger partial charge in [-0.3, -0.25) is 4.79 Å². The highest BCUT2D eigenvalue weighted by Crippen LogP contribution is 2.40. The van der Waals surface area contributed by atoms with Crippen LogP contribution in [0.3, 0.4) is 0 Å². The van der Waals surface area contributed by atoms with E-state index >= 15 is 0 Å². The molecule has 0 saturated carbocycles. The van der Waals surface area contributed by atoms with Crippen LogP contribution in [-0.2, 0) is 15.9 Å². The number of hydrogen-bond donors (Lipinski definition) is 1. The summed E-state index contributed by atoms with van der Waals surface area (Å²) >= 11 is 0. The summed E-state index contributed by atoms with van der Waals surface area (Å²) in [4.78, 5) is 28.6. The van der Waals surface area contributed by atoms with E-state index in [0.717, 1.165) is 11.3 Å². The SMILES string of the molecule is COc1ccc(OC)c([C@@H]2CC(=O)c3c([nH]c(C(=O)OCCOC(C)C)c3C)C2)c1. The van der Waals surface area contributed by atoms with Crippen molar-refractivity contribution in [3.8, 4) is 11.5 Å². The van der Waals surface area contributed by atoms with Crippen LogP contribution in [-0.4, -0.2) is 50.3 Å². The molecule has 1 heterocycles. The van der Waals surface area contributed by atoms with Crippen molar-refractivity contribution in [3.63, 3.8) is 0 Å². The number of Topliss-reactive ketones (excluding diaryl/α,β-unsaturated/α-hetero) is 1. The number of aromatic amines is 1. The minimum Gasteiger partial charge on any atom is -0.497 e. The van der Waals surface area contributed by atoms with Gasteiger partial charge in [-0.05, 0) is 51.0 Å². The summed E-state index contributed by atoms with van der Waals surface area (Å²) in [5.74, 6) is 0.876. The van der Waals surface area contributed by atoms with E-state index < -0.39 is 5.97 Å². The van der Waals surface area contributed by atoms with Gasteiger partial charge < -0.3 is 23.9 Å². The van der Waals surface area contributed by atoms with Crippen LogP contribution in [0.15, 0.2) is 18.2 Å². The third-order valence-corrected chi connectivity index (χ3v) is 5.34. The molecule has 0 radical (unpaired) electrons. The normalized spacial score (nSPS) is 15.8. The molecule has 30 heavy (non-hydrogen) atoms. The van der Waals surface area contributed by atoms with Gasteiger partial charge in [0.15, 0.2) is 5.78 Å². The molecule has 1 N–H and O–H groups in total. The second-order valence-corrected chi connectivity index (χ2v) is 7.67. The predicted octanol–water partition coefficient (Wildman–Crippen LogP) is 3.83. The smallest absolute Gasteiger partial charge is 0.355 e. The van der Waals surface area contributed by atoms with E-state index in [-0.39, 0.29) is 24.4 Å². The molecule has 1 aliphatic carbocycles. The van der Waals surface area contributed by atoms with E-state index in [1.54, 1.807) is 21.1 Å². The van der Waals surface area contributed by atoms with Crippen LogP contribution in [0.5, 0.6) is 11.5 Å². The Morgan fingerprint density at radius 2 is 1.93 bits per heavy atom. The van der Waals surface area contributed by atoms with Crippen molar-refractivity contribution < 1.29 is 28.5 Å². The summed E-state index contributed by atoms with van der Waals surface area (Å²) in [6, 6.07) is 5.58. The quantitative estimate of drug-likeness (QED) is 0.521. The highest BCUT2D eigenvalue weighted by Gasteiger charge is 2.33. The number of aromatic nitrogens is 1. The van der Waals surface area contributed by atoms with Gasteiger partial charge in [-0.1, -0.05) is 0 Å². The molecule has 1 aliphatic rings. The van der Waals surface area contributed by atoms with Gasteiger partial charge >= 0.3 is 5.97 Å². The van der Waals surface area contributed by atoms with Crippen molar-refractivity contribution >= 4 is 11.8 Å². The molecule has 3 rings (SSSR count). The lowest BCUT2D eigenvalue weighted by Gasteiger charge is -2.24. The van der Waals surface area contributed by atoms with Crippen molar-refractivity contribution in [1.29, 1.82) is 0 Å². The molecule has 0 unspecified atom stereocenters. The van der Waals surface area contributed by atoms with E-state index in [1.807, 2.05) is 32.0 Å². The number of ether oxygens (including phenoxy) is 4. The second-order valence-electron chi connectivity index (χ2n) is 7.67. The predicted molar refractivity (Wildman–Crippen MR) is 112 cm³/mol. The molecule has 0 amide bonds. The summed E-state index contributed by atoms with van der Waals surface area (Å²) in [5.41, 5.74) is 3.23. The van der Waals surface area contributed by atoms with Crippen molar-refractivity contribution in [2.45, 2.75) is 45.6 Å². The third-order valence-electron chi connectivity index (χ3n) is 5.34. The van der Waals surface area contributed by atoms with Crippen LogP contribution in [0.4, 0.5) is 0 Å². The van der Waals surface area contributed by atoms with Crippen molar-refractivity contribution in [1.82, 2.24) is 4.98 Å². The Morgan fingerprint density at radius 1 is 1.17 bits per heavy atom. The van der Waals surface area contributed by atoms with Crippen molar-refractivity contribution in [3.05, 3.63) is 46.3 Å².